The van der Waals surface area contributed by atoms with Crippen molar-refractivity contribution in [2.24, 2.45) is 10.7 Å². The summed E-state index contributed by atoms with van der Waals surface area (Å²) in [6, 6.07) is 4.60. The lowest BCUT2D eigenvalue weighted by Gasteiger charge is -2.31. The molecule has 0 saturated heterocycles. The van der Waals surface area contributed by atoms with Crippen molar-refractivity contribution in [2.45, 2.75) is 25.7 Å². The van der Waals surface area contributed by atoms with Crippen LogP contribution in [-0.4, -0.2) is 41.0 Å². The molecule has 144 valence electrons. The summed E-state index contributed by atoms with van der Waals surface area (Å²) in [5.74, 6) is -0.127. The Bertz CT molecular complexity index is 797. The van der Waals surface area contributed by atoms with Gasteiger partial charge < -0.3 is 15.5 Å². The van der Waals surface area contributed by atoms with Crippen LogP contribution in [0.2, 0.25) is 0 Å². The van der Waals surface area contributed by atoms with Crippen molar-refractivity contribution >= 4 is 18.5 Å². The van der Waals surface area contributed by atoms with Crippen LogP contribution in [0.5, 0.6) is 0 Å². The summed E-state index contributed by atoms with van der Waals surface area (Å²) in [5, 5.41) is 15.6. The summed E-state index contributed by atoms with van der Waals surface area (Å²) in [7, 11) is 0. The highest BCUT2D eigenvalue weighted by molar-refractivity contribution is 5.97. The molecular weight excluding hydrogens is 357 g/mol. The Labute approximate surface area is 155 Å². The molecule has 1 atom stereocenters. The van der Waals surface area contributed by atoms with Gasteiger partial charge in [-0.15, -0.1) is 0 Å². The van der Waals surface area contributed by atoms with Gasteiger partial charge in [0, 0.05) is 5.56 Å². The van der Waals surface area contributed by atoms with E-state index in [-0.39, 0.29) is 17.9 Å². The molecule has 9 heteroatoms. The minimum absolute atomic E-state index is 0.119. The van der Waals surface area contributed by atoms with Gasteiger partial charge >= 0.3 is 6.18 Å². The largest absolute Gasteiger partial charge is 0.416 e. The van der Waals surface area contributed by atoms with E-state index in [2.05, 4.69) is 11.6 Å². The van der Waals surface area contributed by atoms with Crippen LogP contribution in [0.3, 0.4) is 0 Å². The highest BCUT2D eigenvalue weighted by Crippen LogP contribution is 2.30. The molecule has 0 spiro atoms. The molecule has 1 heterocycles. The molecule has 1 unspecified atom stereocenters. The Morgan fingerprint density at radius 1 is 1.44 bits per heavy atom. The monoisotopic (exact) mass is 378 g/mol. The summed E-state index contributed by atoms with van der Waals surface area (Å²) >= 11 is 0. The van der Waals surface area contributed by atoms with Crippen molar-refractivity contribution < 1.29 is 13.2 Å². The fraction of sp³-hybridized carbons (Fsp3) is 0.278. The van der Waals surface area contributed by atoms with Crippen LogP contribution >= 0.6 is 0 Å². The second-order valence-corrected chi connectivity index (χ2v) is 5.83. The van der Waals surface area contributed by atoms with Crippen LogP contribution in [0.15, 0.2) is 53.3 Å². The van der Waals surface area contributed by atoms with Crippen molar-refractivity contribution in [2.75, 3.05) is 6.54 Å². The van der Waals surface area contributed by atoms with Crippen molar-refractivity contribution in [3.63, 3.8) is 0 Å². The Morgan fingerprint density at radius 2 is 2.15 bits per heavy atom. The van der Waals surface area contributed by atoms with Gasteiger partial charge in [0.15, 0.2) is 0 Å². The fourth-order valence-corrected chi connectivity index (χ4v) is 2.72. The first kappa shape index (κ1) is 20.4. The number of hydrogen-bond donors (Lipinski definition) is 3. The molecule has 1 aromatic rings. The van der Waals surface area contributed by atoms with Crippen LogP contribution in [0.4, 0.5) is 13.2 Å². The van der Waals surface area contributed by atoms with E-state index in [0.717, 1.165) is 24.0 Å². The number of aliphatic imine (C=N–C) groups is 1. The third-order valence-electron chi connectivity index (χ3n) is 4.22. The first-order valence-corrected chi connectivity index (χ1v) is 8.18. The Balaban J connectivity index is 2.30. The lowest BCUT2D eigenvalue weighted by Crippen LogP contribution is -2.44. The van der Waals surface area contributed by atoms with Gasteiger partial charge in [0.1, 0.15) is 12.0 Å². The third-order valence-corrected chi connectivity index (χ3v) is 4.22. The van der Waals surface area contributed by atoms with Crippen LogP contribution in [0, 0.1) is 10.8 Å². The van der Waals surface area contributed by atoms with Gasteiger partial charge in [0.25, 0.3) is 0 Å². The normalized spacial score (nSPS) is 17.1. The van der Waals surface area contributed by atoms with Gasteiger partial charge in [-0.3, -0.25) is 10.8 Å². The topological polar surface area (TPSA) is 92.6 Å². The zero-order valence-corrected chi connectivity index (χ0v) is 14.8. The van der Waals surface area contributed by atoms with E-state index in [1.165, 1.54) is 34.5 Å². The highest BCUT2D eigenvalue weighted by Gasteiger charge is 2.31. The van der Waals surface area contributed by atoms with Crippen LogP contribution < -0.4 is 5.73 Å². The Morgan fingerprint density at radius 3 is 2.70 bits per heavy atom. The standard InChI is InChI=1S/C18H21F3N6/c1-3-14-15(25-11-27(10-22)17(14)24)9-26(4-2)16(23)12-6-5-7-13(8-12)18(19,20)21/h4-8,10-11,17,22-23H,2-3,9,24H2,1H3. The zero-order chi connectivity index (χ0) is 20.2. The Kier molecular flexibility index (Phi) is 6.17. The van der Waals surface area contributed by atoms with E-state index in [1.54, 1.807) is 0 Å². The number of nitrogens with two attached hydrogens (primary N) is 1. The number of benzene rings is 1. The SMILES string of the molecule is C=CN(CC1=C(CC)C(N)N(C=N)C=N1)C(=N)c1cccc(C(F)(F)F)c1. The lowest BCUT2D eigenvalue weighted by atomic mass is 10.1. The summed E-state index contributed by atoms with van der Waals surface area (Å²) in [4.78, 5) is 7.14. The van der Waals surface area contributed by atoms with Crippen molar-refractivity contribution in [1.29, 1.82) is 10.8 Å². The molecule has 0 fully saturated rings. The van der Waals surface area contributed by atoms with Crippen molar-refractivity contribution in [3.8, 4) is 0 Å². The summed E-state index contributed by atoms with van der Waals surface area (Å²) in [6.07, 6.45) is -0.594. The maximum atomic E-state index is 12.9. The van der Waals surface area contributed by atoms with Gasteiger partial charge in [-0.25, -0.2) is 4.99 Å². The van der Waals surface area contributed by atoms with Gasteiger partial charge in [-0.2, -0.15) is 13.2 Å². The van der Waals surface area contributed by atoms with E-state index in [9.17, 15) is 13.2 Å². The molecule has 27 heavy (non-hydrogen) atoms. The first-order chi connectivity index (χ1) is 12.7. The molecule has 0 radical (unpaired) electrons. The molecule has 1 aliphatic rings. The van der Waals surface area contributed by atoms with E-state index in [0.29, 0.717) is 12.1 Å². The number of rotatable bonds is 6. The fourth-order valence-electron chi connectivity index (χ4n) is 2.72. The molecular formula is C18H21F3N6. The number of nitrogens with zero attached hydrogens (tertiary/aromatic N) is 3. The number of alkyl halides is 3. The zero-order valence-electron chi connectivity index (χ0n) is 14.8. The average Bonchev–Trinajstić information content (AvgIpc) is 2.65. The van der Waals surface area contributed by atoms with Gasteiger partial charge in [-0.1, -0.05) is 25.6 Å². The molecule has 1 aliphatic heterocycles. The van der Waals surface area contributed by atoms with Gasteiger partial charge in [0.05, 0.1) is 30.5 Å². The van der Waals surface area contributed by atoms with Gasteiger partial charge in [0.2, 0.25) is 0 Å². The average molecular weight is 378 g/mol. The molecule has 0 saturated carbocycles. The quantitative estimate of drug-likeness (QED) is 0.523. The van der Waals surface area contributed by atoms with Crippen LogP contribution in [-0.2, 0) is 6.18 Å². The maximum absolute atomic E-state index is 12.9. The van der Waals surface area contributed by atoms with Crippen LogP contribution in [0.25, 0.3) is 0 Å². The van der Waals surface area contributed by atoms with E-state index >= 15 is 0 Å². The number of halogens is 3. The smallest absolute Gasteiger partial charge is 0.328 e. The van der Waals surface area contributed by atoms with Crippen molar-refractivity contribution in [1.82, 2.24) is 9.80 Å². The molecule has 0 aliphatic carbocycles. The van der Waals surface area contributed by atoms with E-state index < -0.39 is 17.9 Å². The minimum atomic E-state index is -4.48. The number of amidine groups is 1. The molecule has 6 nitrogen and oxygen atoms in total. The third kappa shape index (κ3) is 4.43. The van der Waals surface area contributed by atoms with E-state index in [1.807, 2.05) is 6.92 Å². The van der Waals surface area contributed by atoms with Crippen LogP contribution in [0.1, 0.15) is 24.5 Å². The summed E-state index contributed by atoms with van der Waals surface area (Å²) < 4.78 is 38.8. The second-order valence-electron chi connectivity index (χ2n) is 5.83. The first-order valence-electron chi connectivity index (χ1n) is 8.18. The molecule has 0 bridgehead atoms. The predicted octanol–water partition coefficient (Wildman–Crippen LogP) is 3.38. The Hall–Kier alpha value is -2.94. The number of hydrogen-bond acceptors (Lipinski definition) is 4. The summed E-state index contributed by atoms with van der Waals surface area (Å²) in [5.41, 5.74) is 6.79. The van der Waals surface area contributed by atoms with Crippen molar-refractivity contribution in [3.05, 3.63) is 59.4 Å². The molecule has 4 N–H and O–H groups in total. The molecule has 0 aromatic heterocycles. The predicted molar refractivity (Wildman–Crippen MR) is 99.6 cm³/mol. The molecule has 0 amide bonds. The van der Waals surface area contributed by atoms with Gasteiger partial charge in [-0.05, 0) is 30.3 Å². The lowest BCUT2D eigenvalue weighted by molar-refractivity contribution is -0.137. The maximum Gasteiger partial charge on any atom is 0.416 e. The molecule has 2 rings (SSSR count). The minimum Gasteiger partial charge on any atom is -0.328 e. The highest BCUT2D eigenvalue weighted by atomic mass is 19.4. The second kappa shape index (κ2) is 8.17. The number of nitrogens with one attached hydrogen (secondary N) is 2. The molecule has 1 aromatic carbocycles. The summed E-state index contributed by atoms with van der Waals surface area (Å²) in [6.45, 7) is 5.69. The van der Waals surface area contributed by atoms with E-state index in [4.69, 9.17) is 16.6 Å².